The lowest BCUT2D eigenvalue weighted by atomic mass is 10.2. The van der Waals surface area contributed by atoms with Gasteiger partial charge >= 0.3 is 0 Å². The summed E-state index contributed by atoms with van der Waals surface area (Å²) < 4.78 is 1.89. The fraction of sp³-hybridized carbons (Fsp3) is 0.533. The molecule has 114 valence electrons. The summed E-state index contributed by atoms with van der Waals surface area (Å²) in [4.78, 5) is 20.9. The highest BCUT2D eigenvalue weighted by molar-refractivity contribution is 6.20. The van der Waals surface area contributed by atoms with Crippen LogP contribution in [0.3, 0.4) is 0 Å². The number of halogens is 1. The Morgan fingerprint density at radius 3 is 2.71 bits per heavy atom. The Morgan fingerprint density at radius 1 is 1.38 bits per heavy atom. The van der Waals surface area contributed by atoms with Crippen LogP contribution in [0.4, 0.5) is 0 Å². The Kier molecular flexibility index (Phi) is 4.83. The zero-order valence-electron chi connectivity index (χ0n) is 12.8. The van der Waals surface area contributed by atoms with Gasteiger partial charge in [-0.15, -0.1) is 11.6 Å². The first-order valence-corrected chi connectivity index (χ1v) is 7.59. The fourth-order valence-corrected chi connectivity index (χ4v) is 2.38. The number of fused-ring (bicyclic) bond motifs is 1. The third-order valence-electron chi connectivity index (χ3n) is 3.33. The van der Waals surface area contributed by atoms with Gasteiger partial charge in [-0.1, -0.05) is 13.8 Å². The molecule has 0 saturated heterocycles. The van der Waals surface area contributed by atoms with Crippen molar-refractivity contribution in [1.29, 1.82) is 0 Å². The minimum Gasteiger partial charge on any atom is -0.354 e. The summed E-state index contributed by atoms with van der Waals surface area (Å²) in [6, 6.07) is 1.49. The molecule has 6 heteroatoms. The molecule has 0 radical (unpaired) electrons. The van der Waals surface area contributed by atoms with E-state index in [4.69, 9.17) is 11.6 Å². The number of imidazole rings is 1. The van der Waals surface area contributed by atoms with Crippen LogP contribution in [0.25, 0.3) is 11.0 Å². The van der Waals surface area contributed by atoms with Crippen molar-refractivity contribution in [1.82, 2.24) is 19.9 Å². The second-order valence-electron chi connectivity index (χ2n) is 5.64. The normalized spacial score (nSPS) is 14.4. The Labute approximate surface area is 129 Å². The lowest BCUT2D eigenvalue weighted by Crippen LogP contribution is -2.34. The smallest absolute Gasteiger partial charge is 0.242 e. The van der Waals surface area contributed by atoms with Gasteiger partial charge in [0.15, 0.2) is 0 Å². The predicted octanol–water partition coefficient (Wildman–Crippen LogP) is 3.06. The lowest BCUT2D eigenvalue weighted by molar-refractivity contribution is -0.124. The maximum absolute atomic E-state index is 12.3. The number of nitrogens with one attached hydrogen (secondary N) is 1. The molecule has 0 aromatic carbocycles. The lowest BCUT2D eigenvalue weighted by Gasteiger charge is -2.19. The number of pyridine rings is 1. The zero-order chi connectivity index (χ0) is 15.6. The van der Waals surface area contributed by atoms with Gasteiger partial charge in [0.2, 0.25) is 5.91 Å². The number of alkyl halides is 1. The molecule has 2 rings (SSSR count). The molecule has 2 aromatic heterocycles. The van der Waals surface area contributed by atoms with E-state index in [0.29, 0.717) is 18.3 Å². The first-order chi connectivity index (χ1) is 9.91. The van der Waals surface area contributed by atoms with Crippen molar-refractivity contribution in [2.24, 2.45) is 5.92 Å². The van der Waals surface area contributed by atoms with Crippen LogP contribution in [0, 0.1) is 5.92 Å². The molecule has 0 aliphatic rings. The van der Waals surface area contributed by atoms with Crippen molar-refractivity contribution in [3.05, 3.63) is 24.3 Å². The van der Waals surface area contributed by atoms with Gasteiger partial charge in [0.05, 0.1) is 17.1 Å². The summed E-state index contributed by atoms with van der Waals surface area (Å²) in [6.07, 6.45) is 3.38. The number of nitrogens with zero attached hydrogens (tertiary/aromatic N) is 3. The van der Waals surface area contributed by atoms with Gasteiger partial charge in [0.25, 0.3) is 0 Å². The van der Waals surface area contributed by atoms with E-state index >= 15 is 0 Å². The highest BCUT2D eigenvalue weighted by Gasteiger charge is 2.23. The molecule has 0 bridgehead atoms. The van der Waals surface area contributed by atoms with Crippen LogP contribution in [0.2, 0.25) is 0 Å². The van der Waals surface area contributed by atoms with Crippen LogP contribution in [0.1, 0.15) is 44.9 Å². The van der Waals surface area contributed by atoms with Crippen molar-refractivity contribution in [3.63, 3.8) is 0 Å². The number of aromatic nitrogens is 3. The zero-order valence-corrected chi connectivity index (χ0v) is 13.6. The molecule has 5 nitrogen and oxygen atoms in total. The summed E-state index contributed by atoms with van der Waals surface area (Å²) in [7, 11) is 0. The number of rotatable bonds is 5. The number of hydrogen-bond donors (Lipinski definition) is 1. The Morgan fingerprint density at radius 2 is 2.10 bits per heavy atom. The van der Waals surface area contributed by atoms with Crippen molar-refractivity contribution < 1.29 is 4.79 Å². The Balaban J connectivity index is 2.39. The average molecular weight is 309 g/mol. The van der Waals surface area contributed by atoms with Crippen molar-refractivity contribution in [2.45, 2.75) is 39.1 Å². The molecule has 2 aromatic rings. The van der Waals surface area contributed by atoms with Gasteiger partial charge < -0.3 is 9.88 Å². The summed E-state index contributed by atoms with van der Waals surface area (Å²) >= 11 is 6.22. The molecular weight excluding hydrogens is 288 g/mol. The van der Waals surface area contributed by atoms with Crippen LogP contribution in [0.5, 0.6) is 0 Å². The minimum absolute atomic E-state index is 0.0293. The average Bonchev–Trinajstić information content (AvgIpc) is 2.83. The first-order valence-electron chi connectivity index (χ1n) is 7.15. The van der Waals surface area contributed by atoms with Crippen molar-refractivity contribution in [2.75, 3.05) is 6.54 Å². The molecule has 0 aliphatic carbocycles. The van der Waals surface area contributed by atoms with Gasteiger partial charge in [0.1, 0.15) is 17.4 Å². The van der Waals surface area contributed by atoms with Gasteiger partial charge in [-0.2, -0.15) is 0 Å². The van der Waals surface area contributed by atoms with Gasteiger partial charge in [-0.25, -0.2) is 4.98 Å². The van der Waals surface area contributed by atoms with Crippen LogP contribution in [-0.2, 0) is 4.79 Å². The second kappa shape index (κ2) is 6.43. The topological polar surface area (TPSA) is 59.8 Å². The molecule has 2 atom stereocenters. The fourth-order valence-electron chi connectivity index (χ4n) is 2.23. The Bertz CT molecular complexity index is 636. The number of hydrogen-bond acceptors (Lipinski definition) is 3. The molecule has 21 heavy (non-hydrogen) atoms. The van der Waals surface area contributed by atoms with Gasteiger partial charge in [-0.3, -0.25) is 9.78 Å². The summed E-state index contributed by atoms with van der Waals surface area (Å²) in [5.74, 6) is 1.07. The number of carbonyl (C=O) groups excluding carboxylic acids is 1. The third-order valence-corrected chi connectivity index (χ3v) is 3.52. The largest absolute Gasteiger partial charge is 0.354 e. The van der Waals surface area contributed by atoms with E-state index in [1.54, 1.807) is 12.4 Å². The molecular formula is C15H21ClN4O. The summed E-state index contributed by atoms with van der Waals surface area (Å²) in [5, 5.41) is 2.67. The quantitative estimate of drug-likeness (QED) is 0.864. The predicted molar refractivity (Wildman–Crippen MR) is 84.4 cm³/mol. The highest BCUT2D eigenvalue weighted by Crippen LogP contribution is 2.27. The Hall–Kier alpha value is -1.62. The maximum Gasteiger partial charge on any atom is 0.242 e. The molecule has 0 saturated carbocycles. The van der Waals surface area contributed by atoms with Crippen LogP contribution in [0.15, 0.2) is 18.5 Å². The molecule has 0 fully saturated rings. The summed E-state index contributed by atoms with van der Waals surface area (Å²) in [5.41, 5.74) is 1.63. The second-order valence-corrected chi connectivity index (χ2v) is 6.29. The number of amides is 1. The van der Waals surface area contributed by atoms with E-state index in [0.717, 1.165) is 11.0 Å². The molecule has 1 N–H and O–H groups in total. The van der Waals surface area contributed by atoms with Crippen molar-refractivity contribution >= 4 is 28.5 Å². The third kappa shape index (κ3) is 3.35. The monoisotopic (exact) mass is 308 g/mol. The van der Waals surface area contributed by atoms with E-state index in [1.807, 2.05) is 24.5 Å². The van der Waals surface area contributed by atoms with Crippen LogP contribution < -0.4 is 5.32 Å². The molecule has 0 spiro atoms. The van der Waals surface area contributed by atoms with E-state index < -0.39 is 0 Å². The molecule has 1 amide bonds. The molecule has 2 heterocycles. The standard InChI is InChI=1S/C15H21ClN4O/c1-9(2)7-18-15(21)11(4)20-13-5-6-17-8-12(13)19-14(20)10(3)16/h5-6,8-11H,7H2,1-4H3,(H,18,21). The molecule has 2 unspecified atom stereocenters. The van der Waals surface area contributed by atoms with Crippen molar-refractivity contribution in [3.8, 4) is 0 Å². The van der Waals surface area contributed by atoms with E-state index in [2.05, 4.69) is 29.1 Å². The van der Waals surface area contributed by atoms with E-state index in [-0.39, 0.29) is 17.3 Å². The van der Waals surface area contributed by atoms with Crippen LogP contribution in [-0.4, -0.2) is 27.0 Å². The van der Waals surface area contributed by atoms with Gasteiger partial charge in [-0.05, 0) is 25.8 Å². The molecule has 0 aliphatic heterocycles. The van der Waals surface area contributed by atoms with Gasteiger partial charge in [0, 0.05) is 12.7 Å². The SMILES string of the molecule is CC(C)CNC(=O)C(C)n1c(C(C)Cl)nc2cnccc21. The van der Waals surface area contributed by atoms with Crippen LogP contribution >= 0.6 is 11.6 Å². The maximum atomic E-state index is 12.3. The number of carbonyl (C=O) groups is 1. The highest BCUT2D eigenvalue weighted by atomic mass is 35.5. The first kappa shape index (κ1) is 15.8. The van der Waals surface area contributed by atoms with E-state index in [9.17, 15) is 4.79 Å². The minimum atomic E-state index is -0.368. The van der Waals surface area contributed by atoms with E-state index in [1.165, 1.54) is 0 Å². The summed E-state index contributed by atoms with van der Waals surface area (Å²) in [6.45, 7) is 8.50.